The van der Waals surface area contributed by atoms with E-state index >= 15 is 0 Å². The van der Waals surface area contributed by atoms with E-state index in [2.05, 4.69) is 10.3 Å². The van der Waals surface area contributed by atoms with Crippen LogP contribution in [0.25, 0.3) is 11.0 Å². The number of unbranched alkanes of at least 4 members (excludes halogenated alkanes) is 1. The SMILES string of the molecule is CC(=O)CCCCn1c(NC(=O)c2cccs2)nc2cc(C(=O)N(C)C3CCCCC3)ccc21. The van der Waals surface area contributed by atoms with E-state index in [1.54, 1.807) is 13.0 Å². The van der Waals surface area contributed by atoms with Crippen molar-refractivity contribution in [2.75, 3.05) is 12.4 Å². The van der Waals surface area contributed by atoms with Crippen molar-refractivity contribution in [2.24, 2.45) is 0 Å². The van der Waals surface area contributed by atoms with Gasteiger partial charge < -0.3 is 14.3 Å². The normalized spacial score (nSPS) is 14.3. The van der Waals surface area contributed by atoms with Crippen LogP contribution in [0.5, 0.6) is 0 Å². The Morgan fingerprint density at radius 1 is 1.15 bits per heavy atom. The first-order chi connectivity index (χ1) is 16.4. The molecule has 1 aliphatic rings. The number of fused-ring (bicyclic) bond motifs is 1. The molecule has 0 aliphatic heterocycles. The molecule has 2 heterocycles. The van der Waals surface area contributed by atoms with Gasteiger partial charge >= 0.3 is 0 Å². The fraction of sp³-hybridized carbons (Fsp3) is 0.462. The minimum Gasteiger partial charge on any atom is -0.339 e. The number of thiophene rings is 1. The molecule has 180 valence electrons. The van der Waals surface area contributed by atoms with Crippen molar-refractivity contribution in [1.29, 1.82) is 0 Å². The van der Waals surface area contributed by atoms with Gasteiger partial charge in [0.05, 0.1) is 15.9 Å². The second-order valence-electron chi connectivity index (χ2n) is 9.09. The average molecular weight is 481 g/mol. The number of aromatic nitrogens is 2. The highest BCUT2D eigenvalue weighted by Gasteiger charge is 2.24. The maximum atomic E-state index is 13.2. The molecular formula is C26H32N4O3S. The number of carbonyl (C=O) groups excluding carboxylic acids is 3. The molecule has 1 saturated carbocycles. The molecule has 0 radical (unpaired) electrons. The molecular weight excluding hydrogens is 448 g/mol. The van der Waals surface area contributed by atoms with E-state index in [-0.39, 0.29) is 23.6 Å². The van der Waals surface area contributed by atoms with Crippen LogP contribution in [-0.4, -0.2) is 45.1 Å². The summed E-state index contributed by atoms with van der Waals surface area (Å²) in [5.74, 6) is 0.436. The lowest BCUT2D eigenvalue weighted by Crippen LogP contribution is -2.38. The van der Waals surface area contributed by atoms with Gasteiger partial charge in [0.25, 0.3) is 11.8 Å². The third kappa shape index (κ3) is 5.55. The van der Waals surface area contributed by atoms with Gasteiger partial charge in [0.15, 0.2) is 0 Å². The number of ketones is 1. The number of carbonyl (C=O) groups is 3. The standard InChI is InChI=1S/C26H32N4O3S/c1-18(31)9-6-7-15-30-22-14-13-19(25(33)29(2)20-10-4-3-5-11-20)17-21(22)27-26(30)28-24(32)23-12-8-16-34-23/h8,12-14,16-17,20H,3-7,9-11,15H2,1-2H3,(H,27,28,32). The van der Waals surface area contributed by atoms with Crippen molar-refractivity contribution in [3.63, 3.8) is 0 Å². The van der Waals surface area contributed by atoms with E-state index in [1.165, 1.54) is 30.6 Å². The zero-order valence-corrected chi connectivity index (χ0v) is 20.7. The van der Waals surface area contributed by atoms with Crippen molar-refractivity contribution in [3.05, 3.63) is 46.2 Å². The van der Waals surface area contributed by atoms with Gasteiger partial charge in [-0.2, -0.15) is 0 Å². The molecule has 0 spiro atoms. The van der Waals surface area contributed by atoms with Crippen molar-refractivity contribution in [3.8, 4) is 0 Å². The predicted octanol–water partition coefficient (Wildman–Crippen LogP) is 5.51. The summed E-state index contributed by atoms with van der Waals surface area (Å²) < 4.78 is 1.97. The van der Waals surface area contributed by atoms with Gasteiger partial charge in [-0.3, -0.25) is 14.9 Å². The number of hydrogen-bond donors (Lipinski definition) is 1. The van der Waals surface area contributed by atoms with Gasteiger partial charge in [-0.15, -0.1) is 11.3 Å². The number of benzene rings is 1. The van der Waals surface area contributed by atoms with E-state index in [9.17, 15) is 14.4 Å². The minimum absolute atomic E-state index is 0.00831. The van der Waals surface area contributed by atoms with Crippen molar-refractivity contribution in [1.82, 2.24) is 14.5 Å². The van der Waals surface area contributed by atoms with Crippen LogP contribution in [0.2, 0.25) is 0 Å². The van der Waals surface area contributed by atoms with Crippen LogP contribution in [0.4, 0.5) is 5.95 Å². The molecule has 4 rings (SSSR count). The molecule has 0 saturated heterocycles. The summed E-state index contributed by atoms with van der Waals surface area (Å²) in [5, 5.41) is 4.80. The van der Waals surface area contributed by atoms with Gasteiger partial charge in [-0.25, -0.2) is 4.98 Å². The molecule has 0 unspecified atom stereocenters. The molecule has 1 aliphatic carbocycles. The van der Waals surface area contributed by atoms with Crippen LogP contribution < -0.4 is 5.32 Å². The summed E-state index contributed by atoms with van der Waals surface area (Å²) in [6, 6.07) is 9.49. The van der Waals surface area contributed by atoms with E-state index in [0.29, 0.717) is 34.9 Å². The molecule has 0 atom stereocenters. The van der Waals surface area contributed by atoms with Crippen LogP contribution in [0.3, 0.4) is 0 Å². The maximum absolute atomic E-state index is 13.2. The number of rotatable bonds is 9. The monoisotopic (exact) mass is 480 g/mol. The number of Topliss-reactive ketones (excluding diaryl/α,β-unsaturated/α-hetero) is 1. The van der Waals surface area contributed by atoms with Crippen molar-refractivity contribution >= 4 is 45.9 Å². The Hall–Kier alpha value is -3.00. The zero-order chi connectivity index (χ0) is 24.1. The van der Waals surface area contributed by atoms with Crippen molar-refractivity contribution < 1.29 is 14.4 Å². The third-order valence-corrected chi connectivity index (χ3v) is 7.44. The van der Waals surface area contributed by atoms with Gasteiger partial charge in [-0.05, 0) is 62.3 Å². The summed E-state index contributed by atoms with van der Waals surface area (Å²) in [6.07, 6.45) is 7.79. The lowest BCUT2D eigenvalue weighted by molar-refractivity contribution is -0.117. The average Bonchev–Trinajstić information content (AvgIpc) is 3.49. The predicted molar refractivity (Wildman–Crippen MR) is 136 cm³/mol. The van der Waals surface area contributed by atoms with Gasteiger partial charge in [0.2, 0.25) is 5.95 Å². The lowest BCUT2D eigenvalue weighted by Gasteiger charge is -2.31. The fourth-order valence-electron chi connectivity index (χ4n) is 4.64. The molecule has 1 aromatic carbocycles. The summed E-state index contributed by atoms with van der Waals surface area (Å²) >= 11 is 1.37. The Morgan fingerprint density at radius 3 is 2.65 bits per heavy atom. The third-order valence-electron chi connectivity index (χ3n) is 6.57. The van der Waals surface area contributed by atoms with E-state index in [1.807, 2.05) is 46.2 Å². The highest BCUT2D eigenvalue weighted by molar-refractivity contribution is 7.12. The fourth-order valence-corrected chi connectivity index (χ4v) is 5.26. The molecule has 1 fully saturated rings. The quantitative estimate of drug-likeness (QED) is 0.409. The van der Waals surface area contributed by atoms with Gasteiger partial charge in [-0.1, -0.05) is 25.3 Å². The first-order valence-corrected chi connectivity index (χ1v) is 12.9. The second kappa shape index (κ2) is 11.0. The summed E-state index contributed by atoms with van der Waals surface area (Å²) in [5.41, 5.74) is 2.15. The number of amides is 2. The number of hydrogen-bond acceptors (Lipinski definition) is 5. The topological polar surface area (TPSA) is 84.3 Å². The molecule has 0 bridgehead atoms. The lowest BCUT2D eigenvalue weighted by atomic mass is 9.94. The van der Waals surface area contributed by atoms with Crippen LogP contribution in [0.15, 0.2) is 35.7 Å². The Morgan fingerprint density at radius 2 is 1.94 bits per heavy atom. The Bertz CT molecular complexity index is 1160. The van der Waals surface area contributed by atoms with Crippen LogP contribution in [0.1, 0.15) is 78.3 Å². The Labute approximate surface area is 204 Å². The molecule has 2 amide bonds. The molecule has 2 aromatic heterocycles. The van der Waals surface area contributed by atoms with Crippen LogP contribution in [-0.2, 0) is 11.3 Å². The van der Waals surface area contributed by atoms with Crippen LogP contribution >= 0.6 is 11.3 Å². The number of anilines is 1. The molecule has 1 N–H and O–H groups in total. The van der Waals surface area contributed by atoms with Gasteiger partial charge in [0, 0.05) is 31.6 Å². The first kappa shape index (κ1) is 24.1. The number of aryl methyl sites for hydroxylation is 1. The smallest absolute Gasteiger partial charge is 0.268 e. The van der Waals surface area contributed by atoms with Crippen molar-refractivity contribution in [2.45, 2.75) is 70.9 Å². The number of imidazole rings is 1. The maximum Gasteiger partial charge on any atom is 0.268 e. The van der Waals surface area contributed by atoms with Crippen LogP contribution in [0, 0.1) is 0 Å². The number of nitrogens with one attached hydrogen (secondary N) is 1. The minimum atomic E-state index is -0.205. The molecule has 8 heteroatoms. The summed E-state index contributed by atoms with van der Waals surface area (Å²) in [4.78, 5) is 44.4. The molecule has 3 aromatic rings. The molecule has 34 heavy (non-hydrogen) atoms. The Balaban J connectivity index is 1.59. The summed E-state index contributed by atoms with van der Waals surface area (Å²) in [6.45, 7) is 2.22. The van der Waals surface area contributed by atoms with E-state index in [4.69, 9.17) is 0 Å². The first-order valence-electron chi connectivity index (χ1n) is 12.1. The summed E-state index contributed by atoms with van der Waals surface area (Å²) in [7, 11) is 1.89. The largest absolute Gasteiger partial charge is 0.339 e. The second-order valence-corrected chi connectivity index (χ2v) is 10.0. The Kier molecular flexibility index (Phi) is 7.77. The van der Waals surface area contributed by atoms with E-state index < -0.39 is 0 Å². The highest BCUT2D eigenvalue weighted by Crippen LogP contribution is 2.26. The highest BCUT2D eigenvalue weighted by atomic mass is 32.1. The molecule has 7 nitrogen and oxygen atoms in total. The number of nitrogens with zero attached hydrogens (tertiary/aromatic N) is 3. The van der Waals surface area contributed by atoms with E-state index in [0.717, 1.165) is 31.2 Å². The van der Waals surface area contributed by atoms with Gasteiger partial charge in [0.1, 0.15) is 5.78 Å². The zero-order valence-electron chi connectivity index (χ0n) is 19.9.